The normalized spacial score (nSPS) is 15.2. The van der Waals surface area contributed by atoms with Crippen molar-refractivity contribution >= 4 is 27.3 Å². The second-order valence-electron chi connectivity index (χ2n) is 6.93. The fourth-order valence-electron chi connectivity index (χ4n) is 3.17. The Morgan fingerprint density at radius 3 is 2.43 bits per heavy atom. The van der Waals surface area contributed by atoms with Crippen LogP contribution in [0.25, 0.3) is 0 Å². The lowest BCUT2D eigenvalue weighted by molar-refractivity contribution is 0.102. The van der Waals surface area contributed by atoms with Gasteiger partial charge in [0.15, 0.2) is 0 Å². The maximum Gasteiger partial charge on any atom is 0.257 e. The van der Waals surface area contributed by atoms with E-state index in [0.717, 1.165) is 19.3 Å². The Balaban J connectivity index is 1.94. The van der Waals surface area contributed by atoms with Gasteiger partial charge in [0.05, 0.1) is 21.8 Å². The number of nitrogens with zero attached hydrogens (tertiary/aromatic N) is 2. The molecule has 2 aromatic rings. The van der Waals surface area contributed by atoms with Crippen LogP contribution in [0.3, 0.4) is 0 Å². The molecule has 1 fully saturated rings. The molecule has 150 valence electrons. The van der Waals surface area contributed by atoms with Gasteiger partial charge in [-0.25, -0.2) is 8.42 Å². The van der Waals surface area contributed by atoms with E-state index >= 15 is 0 Å². The maximum absolute atomic E-state index is 13.0. The number of amides is 1. The monoisotopic (exact) mass is 404 g/mol. The van der Waals surface area contributed by atoms with Gasteiger partial charge in [0.1, 0.15) is 0 Å². The number of H-pyrrole nitrogens is 1. The molecule has 1 aromatic carbocycles. The number of aromatic nitrogens is 1. The summed E-state index contributed by atoms with van der Waals surface area (Å²) >= 11 is 0. The SMILES string of the molecule is CN(C)c1ccc(S(=O)(=O)N2CCCCC2)cc1NC(=O)c1ccc(=O)[nH]c1. The van der Waals surface area contributed by atoms with E-state index in [0.29, 0.717) is 24.5 Å². The number of sulfonamides is 1. The van der Waals surface area contributed by atoms with Gasteiger partial charge in [-0.1, -0.05) is 6.42 Å². The highest BCUT2D eigenvalue weighted by Crippen LogP contribution is 2.30. The number of rotatable bonds is 5. The second kappa shape index (κ2) is 8.15. The summed E-state index contributed by atoms with van der Waals surface area (Å²) in [5.74, 6) is -0.438. The van der Waals surface area contributed by atoms with Crippen LogP contribution in [0.15, 0.2) is 46.2 Å². The van der Waals surface area contributed by atoms with Gasteiger partial charge in [-0.05, 0) is 37.1 Å². The van der Waals surface area contributed by atoms with Gasteiger partial charge in [-0.15, -0.1) is 0 Å². The summed E-state index contributed by atoms with van der Waals surface area (Å²) in [7, 11) is 0.00163. The number of hydrogen-bond donors (Lipinski definition) is 2. The van der Waals surface area contributed by atoms with Crippen LogP contribution in [0.1, 0.15) is 29.6 Å². The molecule has 0 radical (unpaired) electrons. The van der Waals surface area contributed by atoms with Crippen molar-refractivity contribution < 1.29 is 13.2 Å². The first-order chi connectivity index (χ1) is 13.3. The van der Waals surface area contributed by atoms with Crippen molar-refractivity contribution in [3.63, 3.8) is 0 Å². The van der Waals surface area contributed by atoms with Gasteiger partial charge in [-0.2, -0.15) is 4.31 Å². The molecule has 9 heteroatoms. The minimum absolute atomic E-state index is 0.150. The number of nitrogens with one attached hydrogen (secondary N) is 2. The number of carbonyl (C=O) groups excluding carboxylic acids is 1. The number of hydrogen-bond acceptors (Lipinski definition) is 5. The van der Waals surface area contributed by atoms with E-state index in [1.165, 1.54) is 28.7 Å². The Kier molecular flexibility index (Phi) is 5.85. The Morgan fingerprint density at radius 2 is 1.82 bits per heavy atom. The molecule has 0 spiro atoms. The van der Waals surface area contributed by atoms with Crippen LogP contribution in [0.4, 0.5) is 11.4 Å². The highest BCUT2D eigenvalue weighted by molar-refractivity contribution is 7.89. The van der Waals surface area contributed by atoms with Gasteiger partial charge in [-0.3, -0.25) is 9.59 Å². The third kappa shape index (κ3) is 4.26. The summed E-state index contributed by atoms with van der Waals surface area (Å²) in [4.78, 5) is 28.1. The Bertz CT molecular complexity index is 1000. The molecule has 0 atom stereocenters. The molecular weight excluding hydrogens is 380 g/mol. The average molecular weight is 404 g/mol. The van der Waals surface area contributed by atoms with Crippen molar-refractivity contribution in [2.75, 3.05) is 37.4 Å². The van der Waals surface area contributed by atoms with E-state index in [1.54, 1.807) is 17.0 Å². The molecule has 0 saturated carbocycles. The van der Waals surface area contributed by atoms with Crippen molar-refractivity contribution in [2.24, 2.45) is 0 Å². The molecule has 1 aromatic heterocycles. The quantitative estimate of drug-likeness (QED) is 0.792. The van der Waals surface area contributed by atoms with Gasteiger partial charge >= 0.3 is 0 Å². The number of carbonyl (C=O) groups is 1. The lowest BCUT2D eigenvalue weighted by Gasteiger charge is -2.26. The fraction of sp³-hybridized carbons (Fsp3) is 0.368. The minimum atomic E-state index is -3.62. The van der Waals surface area contributed by atoms with Crippen molar-refractivity contribution in [1.29, 1.82) is 0 Å². The lowest BCUT2D eigenvalue weighted by Crippen LogP contribution is -2.35. The van der Waals surface area contributed by atoms with Crippen LogP contribution in [0.2, 0.25) is 0 Å². The maximum atomic E-state index is 13.0. The zero-order chi connectivity index (χ0) is 20.3. The van der Waals surface area contributed by atoms with Gasteiger partial charge in [0, 0.05) is 39.4 Å². The van der Waals surface area contributed by atoms with E-state index in [4.69, 9.17) is 0 Å². The third-order valence-electron chi connectivity index (χ3n) is 4.70. The van der Waals surface area contributed by atoms with E-state index < -0.39 is 15.9 Å². The minimum Gasteiger partial charge on any atom is -0.376 e. The summed E-state index contributed by atoms with van der Waals surface area (Å²) in [6.07, 6.45) is 4.06. The molecule has 0 unspecified atom stereocenters. The highest BCUT2D eigenvalue weighted by Gasteiger charge is 2.27. The van der Waals surface area contributed by atoms with Crippen LogP contribution in [-0.4, -0.2) is 50.8 Å². The first kappa shape index (κ1) is 20.1. The predicted molar refractivity (Wildman–Crippen MR) is 108 cm³/mol. The van der Waals surface area contributed by atoms with E-state index in [-0.39, 0.29) is 16.0 Å². The molecule has 2 heterocycles. The van der Waals surface area contributed by atoms with E-state index in [1.807, 2.05) is 14.1 Å². The standard InChI is InChI=1S/C19H24N4O4S/c1-22(2)17-8-7-15(28(26,27)23-10-4-3-5-11-23)12-16(17)21-19(25)14-6-9-18(24)20-13-14/h6-9,12-13H,3-5,10-11H2,1-2H3,(H,20,24)(H,21,25). The summed E-state index contributed by atoms with van der Waals surface area (Å²) in [5.41, 5.74) is 1.03. The number of benzene rings is 1. The van der Waals surface area contributed by atoms with Crippen molar-refractivity contribution in [1.82, 2.24) is 9.29 Å². The number of anilines is 2. The van der Waals surface area contributed by atoms with Crippen molar-refractivity contribution in [2.45, 2.75) is 24.2 Å². The molecule has 2 N–H and O–H groups in total. The van der Waals surface area contributed by atoms with E-state index in [9.17, 15) is 18.0 Å². The largest absolute Gasteiger partial charge is 0.376 e. The van der Waals surface area contributed by atoms with Gasteiger partial charge in [0.2, 0.25) is 15.6 Å². The number of aromatic amines is 1. The Labute approximate surface area is 164 Å². The molecular formula is C19H24N4O4S. The number of piperidine rings is 1. The Morgan fingerprint density at radius 1 is 1.11 bits per heavy atom. The smallest absolute Gasteiger partial charge is 0.257 e. The summed E-state index contributed by atoms with van der Waals surface area (Å²) in [6, 6.07) is 7.41. The fourth-order valence-corrected chi connectivity index (χ4v) is 4.71. The summed E-state index contributed by atoms with van der Waals surface area (Å²) < 4.78 is 27.4. The van der Waals surface area contributed by atoms with Gasteiger partial charge in [0.25, 0.3) is 5.91 Å². The zero-order valence-corrected chi connectivity index (χ0v) is 16.8. The van der Waals surface area contributed by atoms with Crippen molar-refractivity contribution in [3.05, 3.63) is 52.4 Å². The molecule has 1 saturated heterocycles. The predicted octanol–water partition coefficient (Wildman–Crippen LogP) is 1.87. The van der Waals surface area contributed by atoms with Crippen LogP contribution in [0.5, 0.6) is 0 Å². The van der Waals surface area contributed by atoms with E-state index in [2.05, 4.69) is 10.3 Å². The second-order valence-corrected chi connectivity index (χ2v) is 8.87. The molecule has 0 bridgehead atoms. The topological polar surface area (TPSA) is 103 Å². The summed E-state index contributed by atoms with van der Waals surface area (Å²) in [6.45, 7) is 1.02. The van der Waals surface area contributed by atoms with Crippen molar-refractivity contribution in [3.8, 4) is 0 Å². The molecule has 3 rings (SSSR count). The molecule has 28 heavy (non-hydrogen) atoms. The van der Waals surface area contributed by atoms with Crippen LogP contribution < -0.4 is 15.8 Å². The Hall–Kier alpha value is -2.65. The molecule has 0 aliphatic carbocycles. The highest BCUT2D eigenvalue weighted by atomic mass is 32.2. The average Bonchev–Trinajstić information content (AvgIpc) is 2.69. The zero-order valence-electron chi connectivity index (χ0n) is 15.9. The molecule has 1 amide bonds. The lowest BCUT2D eigenvalue weighted by atomic mass is 10.2. The summed E-state index contributed by atoms with van der Waals surface area (Å²) in [5, 5.41) is 2.76. The molecule has 1 aliphatic rings. The van der Waals surface area contributed by atoms with Crippen LogP contribution in [-0.2, 0) is 10.0 Å². The number of pyridine rings is 1. The molecule has 8 nitrogen and oxygen atoms in total. The van der Waals surface area contributed by atoms with Gasteiger partial charge < -0.3 is 15.2 Å². The van der Waals surface area contributed by atoms with Crippen LogP contribution >= 0.6 is 0 Å². The van der Waals surface area contributed by atoms with Crippen LogP contribution in [0, 0.1) is 0 Å². The first-order valence-corrected chi connectivity index (χ1v) is 10.5. The molecule has 1 aliphatic heterocycles. The first-order valence-electron chi connectivity index (χ1n) is 9.10. The third-order valence-corrected chi connectivity index (χ3v) is 6.59.